The van der Waals surface area contributed by atoms with Crippen LogP contribution in [0.2, 0.25) is 0 Å². The predicted molar refractivity (Wildman–Crippen MR) is 111 cm³/mol. The molecule has 0 spiro atoms. The first-order chi connectivity index (χ1) is 15.2. The molecule has 1 fully saturated rings. The molecule has 3 aromatic rings. The lowest BCUT2D eigenvalue weighted by atomic mass is 10.1. The summed E-state index contributed by atoms with van der Waals surface area (Å²) in [5.41, 5.74) is -0.292. The third-order valence-electron chi connectivity index (χ3n) is 5.19. The molecule has 0 saturated carbocycles. The van der Waals surface area contributed by atoms with Crippen LogP contribution < -0.4 is 10.2 Å². The van der Waals surface area contributed by atoms with Gasteiger partial charge in [0.05, 0.1) is 35.9 Å². The largest absolute Gasteiger partial charge is 0.416 e. The van der Waals surface area contributed by atoms with E-state index in [0.717, 1.165) is 23.3 Å². The van der Waals surface area contributed by atoms with Crippen LogP contribution in [0.15, 0.2) is 36.8 Å². The molecular formula is C21H23F3N6O2. The number of halogens is 3. The summed E-state index contributed by atoms with van der Waals surface area (Å²) in [5, 5.41) is 7.78. The molecule has 1 saturated heterocycles. The van der Waals surface area contributed by atoms with Crippen molar-refractivity contribution < 1.29 is 22.7 Å². The summed E-state index contributed by atoms with van der Waals surface area (Å²) in [4.78, 5) is 23.2. The summed E-state index contributed by atoms with van der Waals surface area (Å²) < 4.78 is 46.0. The molecule has 1 aliphatic heterocycles. The van der Waals surface area contributed by atoms with Gasteiger partial charge >= 0.3 is 6.18 Å². The number of nitrogens with zero attached hydrogens (tertiary/aromatic N) is 5. The maximum atomic E-state index is 12.9. The number of benzene rings is 1. The zero-order chi connectivity index (χ0) is 22.9. The standard InChI is InChI=1S/C21H23F3N6O2/c1-13-10-29(11-14(2)32-13)18-17-9-28-30(19(17)27-12-26-18)7-6-25-20(31)15-4-3-5-16(8-15)21(22,23)24/h3-5,8-9,12-14H,6-7,10-11H2,1-2H3,(H,25,31)/t13-,14+. The highest BCUT2D eigenvalue weighted by molar-refractivity contribution is 5.94. The number of amides is 1. The minimum atomic E-state index is -4.50. The Morgan fingerprint density at radius 1 is 1.22 bits per heavy atom. The van der Waals surface area contributed by atoms with Gasteiger partial charge in [0.15, 0.2) is 5.65 Å². The quantitative estimate of drug-likeness (QED) is 0.646. The molecule has 1 aromatic carbocycles. The van der Waals surface area contributed by atoms with Gasteiger partial charge < -0.3 is 15.0 Å². The Hall–Kier alpha value is -3.21. The van der Waals surface area contributed by atoms with E-state index >= 15 is 0 Å². The number of rotatable bonds is 5. The highest BCUT2D eigenvalue weighted by Crippen LogP contribution is 2.29. The number of carbonyl (C=O) groups is 1. The molecule has 0 bridgehead atoms. The molecule has 0 radical (unpaired) electrons. The van der Waals surface area contributed by atoms with Gasteiger partial charge in [0.25, 0.3) is 5.91 Å². The van der Waals surface area contributed by atoms with E-state index < -0.39 is 17.6 Å². The monoisotopic (exact) mass is 448 g/mol. The van der Waals surface area contributed by atoms with Crippen LogP contribution in [0, 0.1) is 0 Å². The van der Waals surface area contributed by atoms with Crippen molar-refractivity contribution in [1.82, 2.24) is 25.1 Å². The van der Waals surface area contributed by atoms with Gasteiger partial charge in [0, 0.05) is 25.2 Å². The average Bonchev–Trinajstić information content (AvgIpc) is 3.15. The number of fused-ring (bicyclic) bond motifs is 1. The summed E-state index contributed by atoms with van der Waals surface area (Å²) in [6.45, 7) is 5.91. The van der Waals surface area contributed by atoms with Crippen LogP contribution in [0.5, 0.6) is 0 Å². The van der Waals surface area contributed by atoms with Gasteiger partial charge in [0.1, 0.15) is 12.1 Å². The van der Waals surface area contributed by atoms with Gasteiger partial charge in [0.2, 0.25) is 0 Å². The van der Waals surface area contributed by atoms with E-state index in [4.69, 9.17) is 4.74 Å². The number of anilines is 1. The molecule has 2 atom stereocenters. The molecule has 1 amide bonds. The van der Waals surface area contributed by atoms with E-state index in [2.05, 4.69) is 25.3 Å². The first-order valence-electron chi connectivity index (χ1n) is 10.2. The van der Waals surface area contributed by atoms with E-state index in [1.54, 1.807) is 10.9 Å². The molecule has 8 nitrogen and oxygen atoms in total. The first-order valence-corrected chi connectivity index (χ1v) is 10.2. The fourth-order valence-electron chi connectivity index (χ4n) is 3.86. The number of hydrogen-bond acceptors (Lipinski definition) is 6. The van der Waals surface area contributed by atoms with E-state index in [0.29, 0.717) is 25.3 Å². The van der Waals surface area contributed by atoms with Gasteiger partial charge in [-0.2, -0.15) is 18.3 Å². The second kappa shape index (κ2) is 8.73. The van der Waals surface area contributed by atoms with E-state index in [-0.39, 0.29) is 24.3 Å². The third kappa shape index (κ3) is 4.67. The van der Waals surface area contributed by atoms with Crippen LogP contribution >= 0.6 is 0 Å². The molecule has 11 heteroatoms. The van der Waals surface area contributed by atoms with Crippen LogP contribution in [0.1, 0.15) is 29.8 Å². The lowest BCUT2D eigenvalue weighted by molar-refractivity contribution is -0.137. The van der Waals surface area contributed by atoms with Crippen LogP contribution in [-0.2, 0) is 17.5 Å². The maximum Gasteiger partial charge on any atom is 0.416 e. The predicted octanol–water partition coefficient (Wildman–Crippen LogP) is 2.89. The van der Waals surface area contributed by atoms with Crippen molar-refractivity contribution in [3.63, 3.8) is 0 Å². The number of ether oxygens (including phenoxy) is 1. The topological polar surface area (TPSA) is 85.2 Å². The van der Waals surface area contributed by atoms with Gasteiger partial charge in [-0.3, -0.25) is 4.79 Å². The SMILES string of the molecule is C[C@@H]1CN(c2ncnc3c2cnn3CCNC(=O)c2cccc(C(F)(F)F)c2)C[C@H](C)O1. The molecule has 1 aliphatic rings. The molecule has 170 valence electrons. The van der Waals surface area contributed by atoms with Crippen molar-refractivity contribution >= 4 is 22.8 Å². The fourth-order valence-corrected chi connectivity index (χ4v) is 3.86. The van der Waals surface area contributed by atoms with Crippen molar-refractivity contribution in [3.8, 4) is 0 Å². The first kappa shape index (κ1) is 22.0. The van der Waals surface area contributed by atoms with Gasteiger partial charge in [-0.05, 0) is 32.0 Å². The summed E-state index contributed by atoms with van der Waals surface area (Å²) >= 11 is 0. The third-order valence-corrected chi connectivity index (χ3v) is 5.19. The average molecular weight is 448 g/mol. The zero-order valence-corrected chi connectivity index (χ0v) is 17.6. The normalized spacial score (nSPS) is 19.3. The Morgan fingerprint density at radius 2 is 1.97 bits per heavy atom. The maximum absolute atomic E-state index is 12.9. The molecule has 3 heterocycles. The van der Waals surface area contributed by atoms with Crippen LogP contribution in [0.25, 0.3) is 11.0 Å². The van der Waals surface area contributed by atoms with E-state index in [9.17, 15) is 18.0 Å². The Balaban J connectivity index is 1.44. The zero-order valence-electron chi connectivity index (χ0n) is 17.6. The molecule has 1 N–H and O–H groups in total. The number of carbonyl (C=O) groups excluding carboxylic acids is 1. The number of nitrogens with one attached hydrogen (secondary N) is 1. The second-order valence-corrected chi connectivity index (χ2v) is 7.80. The molecule has 0 unspecified atom stereocenters. The van der Waals surface area contributed by atoms with Gasteiger partial charge in [-0.25, -0.2) is 14.6 Å². The van der Waals surface area contributed by atoms with Crippen LogP contribution in [-0.4, -0.2) is 57.5 Å². The van der Waals surface area contributed by atoms with Crippen LogP contribution in [0.3, 0.4) is 0 Å². The summed E-state index contributed by atoms with van der Waals surface area (Å²) in [6, 6.07) is 4.32. The van der Waals surface area contributed by atoms with E-state index in [1.807, 2.05) is 13.8 Å². The summed E-state index contributed by atoms with van der Waals surface area (Å²) in [7, 11) is 0. The minimum absolute atomic E-state index is 0.0506. The molecule has 32 heavy (non-hydrogen) atoms. The highest BCUT2D eigenvalue weighted by atomic mass is 19.4. The van der Waals surface area contributed by atoms with Crippen molar-refractivity contribution in [3.05, 3.63) is 47.9 Å². The highest BCUT2D eigenvalue weighted by Gasteiger charge is 2.31. The number of alkyl halides is 3. The lowest BCUT2D eigenvalue weighted by Crippen LogP contribution is -2.45. The smallest absolute Gasteiger partial charge is 0.372 e. The van der Waals surface area contributed by atoms with Crippen molar-refractivity contribution in [2.45, 2.75) is 38.8 Å². The Labute approximate surface area is 182 Å². The fraction of sp³-hybridized carbons (Fsp3) is 0.429. The molecule has 4 rings (SSSR count). The Morgan fingerprint density at radius 3 is 2.69 bits per heavy atom. The Bertz CT molecular complexity index is 1110. The number of aromatic nitrogens is 4. The lowest BCUT2D eigenvalue weighted by Gasteiger charge is -2.36. The minimum Gasteiger partial charge on any atom is -0.372 e. The van der Waals surface area contributed by atoms with Gasteiger partial charge in [-0.15, -0.1) is 0 Å². The number of morpholine rings is 1. The van der Waals surface area contributed by atoms with Crippen molar-refractivity contribution in [1.29, 1.82) is 0 Å². The number of hydrogen-bond donors (Lipinski definition) is 1. The van der Waals surface area contributed by atoms with E-state index in [1.165, 1.54) is 18.5 Å². The van der Waals surface area contributed by atoms with Crippen LogP contribution in [0.4, 0.5) is 19.0 Å². The van der Waals surface area contributed by atoms with Crippen molar-refractivity contribution in [2.75, 3.05) is 24.5 Å². The molecule has 2 aromatic heterocycles. The summed E-state index contributed by atoms with van der Waals surface area (Å²) in [5.74, 6) is 0.190. The Kier molecular flexibility index (Phi) is 6.00. The summed E-state index contributed by atoms with van der Waals surface area (Å²) in [6.07, 6.45) is -1.20. The molecular weight excluding hydrogens is 425 g/mol. The molecule has 0 aliphatic carbocycles. The second-order valence-electron chi connectivity index (χ2n) is 7.80. The van der Waals surface area contributed by atoms with Crippen molar-refractivity contribution in [2.24, 2.45) is 0 Å². The van der Waals surface area contributed by atoms with Gasteiger partial charge in [-0.1, -0.05) is 6.07 Å².